The molecule has 0 unspecified atom stereocenters. The maximum atomic E-state index is 12.2. The van der Waals surface area contributed by atoms with Crippen molar-refractivity contribution in [2.75, 3.05) is 0 Å². The third-order valence-electron chi connectivity index (χ3n) is 6.56. The van der Waals surface area contributed by atoms with Crippen LogP contribution in [0.5, 0.6) is 0 Å². The average Bonchev–Trinajstić information content (AvgIpc) is 3.71. The van der Waals surface area contributed by atoms with E-state index in [0.717, 1.165) is 23.3 Å². The first kappa shape index (κ1) is 28.8. The molecule has 6 rings (SSSR count). The van der Waals surface area contributed by atoms with Gasteiger partial charge in [0, 0.05) is 11.1 Å². The van der Waals surface area contributed by atoms with E-state index in [1.807, 2.05) is 60.7 Å². The van der Waals surface area contributed by atoms with Gasteiger partial charge >= 0.3 is 0 Å². The summed E-state index contributed by atoms with van der Waals surface area (Å²) in [5, 5.41) is 17.1. The molecule has 0 aliphatic rings. The Hall–Kier alpha value is -5.28. The summed E-state index contributed by atoms with van der Waals surface area (Å²) >= 11 is 0. The minimum atomic E-state index is -4.99. The van der Waals surface area contributed by atoms with E-state index in [0.29, 0.717) is 11.4 Å². The molecule has 0 atom stereocenters. The molecule has 12 nitrogen and oxygen atoms in total. The van der Waals surface area contributed by atoms with Crippen LogP contribution in [0.4, 0.5) is 0 Å². The summed E-state index contributed by atoms with van der Waals surface area (Å²) in [6.07, 6.45) is 5.49. The Morgan fingerprint density at radius 2 is 0.932 bits per heavy atom. The number of hydrogen-bond donors (Lipinski definition) is 0. The molecule has 0 fully saturated rings. The second kappa shape index (κ2) is 11.4. The quantitative estimate of drug-likeness (QED) is 0.176. The van der Waals surface area contributed by atoms with Crippen molar-refractivity contribution < 1.29 is 25.9 Å². The van der Waals surface area contributed by atoms with Gasteiger partial charge in [-0.2, -0.15) is 19.8 Å². The lowest BCUT2D eigenvalue weighted by molar-refractivity contribution is 0.460. The van der Waals surface area contributed by atoms with Crippen LogP contribution < -0.4 is 0 Å². The molecule has 0 saturated heterocycles. The monoisotopic (exact) mass is 624 g/mol. The third-order valence-corrected chi connectivity index (χ3v) is 8.34. The van der Waals surface area contributed by atoms with Gasteiger partial charge < -0.3 is 9.11 Å². The molecule has 2 heterocycles. The predicted molar refractivity (Wildman–Crippen MR) is 158 cm³/mol. The Morgan fingerprint density at radius 1 is 0.545 bits per heavy atom. The van der Waals surface area contributed by atoms with Crippen molar-refractivity contribution in [3.8, 4) is 33.9 Å². The van der Waals surface area contributed by atoms with Gasteiger partial charge in [0.2, 0.25) is 0 Å². The Labute approximate surface area is 252 Å². The van der Waals surface area contributed by atoms with Gasteiger partial charge in [-0.25, -0.2) is 16.8 Å². The minimum Gasteiger partial charge on any atom is -0.744 e. The van der Waals surface area contributed by atoms with E-state index in [-0.39, 0.29) is 22.5 Å². The zero-order valence-corrected chi connectivity index (χ0v) is 24.1. The average molecular weight is 625 g/mol. The molecular weight excluding hydrogens is 605 g/mol. The molecule has 0 aliphatic heterocycles. The first-order valence-electron chi connectivity index (χ1n) is 12.9. The van der Waals surface area contributed by atoms with Crippen molar-refractivity contribution >= 4 is 32.4 Å². The maximum Gasteiger partial charge on any atom is 0.125 e. The highest BCUT2D eigenvalue weighted by atomic mass is 32.2. The smallest absolute Gasteiger partial charge is 0.125 e. The molecule has 0 radical (unpaired) electrons. The van der Waals surface area contributed by atoms with Crippen molar-refractivity contribution in [2.45, 2.75) is 9.79 Å². The fourth-order valence-corrected chi connectivity index (χ4v) is 5.82. The van der Waals surface area contributed by atoms with Crippen molar-refractivity contribution in [2.24, 2.45) is 0 Å². The van der Waals surface area contributed by atoms with Crippen LogP contribution in [0.25, 0.3) is 46.0 Å². The number of hydrogen-bond acceptors (Lipinski definition) is 10. The van der Waals surface area contributed by atoms with E-state index in [1.54, 1.807) is 0 Å². The van der Waals surface area contributed by atoms with Crippen LogP contribution in [0.1, 0.15) is 11.1 Å². The number of benzene rings is 4. The highest BCUT2D eigenvalue weighted by Crippen LogP contribution is 2.26. The summed E-state index contributed by atoms with van der Waals surface area (Å²) in [5.74, 6) is 0. The second-order valence-corrected chi connectivity index (χ2v) is 12.2. The summed E-state index contributed by atoms with van der Waals surface area (Å²) in [7, 11) is -9.97. The highest BCUT2D eigenvalue weighted by molar-refractivity contribution is 7.86. The number of rotatable bonds is 8. The molecule has 0 spiro atoms. The van der Waals surface area contributed by atoms with Gasteiger partial charge in [0.25, 0.3) is 0 Å². The first-order valence-corrected chi connectivity index (χ1v) is 15.7. The van der Waals surface area contributed by atoms with Crippen LogP contribution in [-0.4, -0.2) is 55.9 Å². The van der Waals surface area contributed by atoms with Gasteiger partial charge in [-0.3, -0.25) is 0 Å². The van der Waals surface area contributed by atoms with Crippen LogP contribution >= 0.6 is 0 Å². The SMILES string of the molecule is O=S(=O)([O-])c1cc(-n2ncc(-c3ccccc3)n2)ccc1C=Cc1ccc(-n2ncc(-c3ccccc3)n2)cc1S(=O)(=O)[O-]. The van der Waals surface area contributed by atoms with Gasteiger partial charge in [-0.1, -0.05) is 84.9 Å². The zero-order valence-electron chi connectivity index (χ0n) is 22.5. The van der Waals surface area contributed by atoms with E-state index in [1.165, 1.54) is 58.4 Å². The molecule has 44 heavy (non-hydrogen) atoms. The summed E-state index contributed by atoms with van der Waals surface area (Å²) in [4.78, 5) is 1.22. The molecule has 4 aromatic carbocycles. The summed E-state index contributed by atoms with van der Waals surface area (Å²) in [6, 6.07) is 26.4. The second-order valence-electron chi connectivity index (χ2n) is 9.46. The standard InChI is InChI=1S/C30H22N6O6S2/c37-43(38,39)29-17-25(35-31-19-27(33-35)21-7-3-1-4-8-21)15-13-23(29)11-12-24-14-16-26(18-30(24)44(40,41)42)36-32-20-28(34-36)22-9-5-2-6-10-22/h1-20H,(H,37,38,39)(H,40,41,42)/p-2. The minimum absolute atomic E-state index is 0.0289. The molecular formula is C30H20N6O6S2-2. The summed E-state index contributed by atoms with van der Waals surface area (Å²) in [5.41, 5.74) is 3.04. The van der Waals surface area contributed by atoms with Crippen LogP contribution in [0.2, 0.25) is 0 Å². The van der Waals surface area contributed by atoms with Gasteiger partial charge in [-0.15, -0.1) is 10.2 Å². The Balaban J connectivity index is 1.34. The summed E-state index contributed by atoms with van der Waals surface area (Å²) < 4.78 is 73.2. The third kappa shape index (κ3) is 6.09. The van der Waals surface area contributed by atoms with Crippen LogP contribution in [-0.2, 0) is 20.2 Å². The van der Waals surface area contributed by atoms with Crippen molar-refractivity contribution in [3.05, 3.63) is 121 Å². The molecule has 6 aromatic rings. The lowest BCUT2D eigenvalue weighted by Gasteiger charge is -2.14. The van der Waals surface area contributed by atoms with E-state index >= 15 is 0 Å². The Bertz CT molecular complexity index is 2070. The maximum absolute atomic E-state index is 12.2. The lowest BCUT2D eigenvalue weighted by atomic mass is 10.1. The van der Waals surface area contributed by atoms with E-state index in [2.05, 4.69) is 20.4 Å². The largest absolute Gasteiger partial charge is 0.744 e. The molecule has 0 N–H and O–H groups in total. The number of aromatic nitrogens is 6. The number of nitrogens with zero attached hydrogens (tertiary/aromatic N) is 6. The van der Waals surface area contributed by atoms with Crippen molar-refractivity contribution in [3.63, 3.8) is 0 Å². The van der Waals surface area contributed by atoms with E-state index in [4.69, 9.17) is 0 Å². The van der Waals surface area contributed by atoms with Gasteiger partial charge in [0.1, 0.15) is 31.6 Å². The fraction of sp³-hybridized carbons (Fsp3) is 0. The van der Waals surface area contributed by atoms with Gasteiger partial charge in [0.05, 0.1) is 33.6 Å². The zero-order chi connectivity index (χ0) is 30.9. The molecule has 220 valence electrons. The lowest BCUT2D eigenvalue weighted by Crippen LogP contribution is -2.06. The Kier molecular flexibility index (Phi) is 7.48. The van der Waals surface area contributed by atoms with Crippen molar-refractivity contribution in [1.29, 1.82) is 0 Å². The fourth-order valence-electron chi connectivity index (χ4n) is 4.44. The predicted octanol–water partition coefficient (Wildman–Crippen LogP) is 4.16. The Morgan fingerprint density at radius 3 is 1.30 bits per heavy atom. The van der Waals surface area contributed by atoms with Gasteiger partial charge in [0.15, 0.2) is 0 Å². The van der Waals surface area contributed by atoms with Crippen LogP contribution in [0, 0.1) is 0 Å². The summed E-state index contributed by atoms with van der Waals surface area (Å²) in [6.45, 7) is 0. The van der Waals surface area contributed by atoms with E-state index < -0.39 is 30.0 Å². The topological polar surface area (TPSA) is 176 Å². The molecule has 2 aromatic heterocycles. The molecule has 0 saturated carbocycles. The van der Waals surface area contributed by atoms with Gasteiger partial charge in [-0.05, 0) is 35.4 Å². The first-order chi connectivity index (χ1) is 21.1. The molecule has 0 bridgehead atoms. The van der Waals surface area contributed by atoms with E-state index in [9.17, 15) is 25.9 Å². The van der Waals surface area contributed by atoms with Crippen LogP contribution in [0.15, 0.2) is 119 Å². The highest BCUT2D eigenvalue weighted by Gasteiger charge is 2.14. The normalized spacial score (nSPS) is 12.1. The van der Waals surface area contributed by atoms with Crippen LogP contribution in [0.3, 0.4) is 0 Å². The molecule has 0 amide bonds. The molecule has 0 aliphatic carbocycles. The molecule has 14 heteroatoms. The van der Waals surface area contributed by atoms with Crippen molar-refractivity contribution in [1.82, 2.24) is 30.0 Å².